The van der Waals surface area contributed by atoms with Gasteiger partial charge in [-0.2, -0.15) is 0 Å². The van der Waals surface area contributed by atoms with Gasteiger partial charge < -0.3 is 14.4 Å². The number of nitrogens with zero attached hydrogens (tertiary/aromatic N) is 1. The van der Waals surface area contributed by atoms with Crippen molar-refractivity contribution < 1.29 is 28.7 Å². The molecule has 0 unspecified atom stereocenters. The number of allylic oxidation sites excluding steroid dienone is 3. The fraction of sp³-hybridized carbons (Fsp3) is 0.467. The molecule has 1 aliphatic rings. The summed E-state index contributed by atoms with van der Waals surface area (Å²) in [5, 5.41) is 0. The molecule has 0 radical (unpaired) electrons. The van der Waals surface area contributed by atoms with E-state index in [0.717, 1.165) is 0 Å². The number of carbonyl (C=O) groups excluding carboxylic acids is 4. The van der Waals surface area contributed by atoms with Gasteiger partial charge in [0.05, 0.1) is 18.8 Å². The van der Waals surface area contributed by atoms with Crippen LogP contribution < -0.4 is 0 Å². The molecule has 7 nitrogen and oxygen atoms in total. The van der Waals surface area contributed by atoms with Gasteiger partial charge >= 0.3 is 11.9 Å². The van der Waals surface area contributed by atoms with Crippen molar-refractivity contribution >= 4 is 23.5 Å². The summed E-state index contributed by atoms with van der Waals surface area (Å²) in [7, 11) is 0. The Kier molecular flexibility index (Phi) is 6.49. The lowest BCUT2D eigenvalue weighted by molar-refractivity contribution is -0.141. The average molecular weight is 309 g/mol. The van der Waals surface area contributed by atoms with Crippen LogP contribution >= 0.6 is 0 Å². The zero-order valence-electron chi connectivity index (χ0n) is 12.9. The highest BCUT2D eigenvalue weighted by Gasteiger charge is 2.22. The maximum atomic E-state index is 12.0. The van der Waals surface area contributed by atoms with Gasteiger partial charge in [0, 0.05) is 25.5 Å². The molecule has 0 aliphatic heterocycles. The van der Waals surface area contributed by atoms with E-state index >= 15 is 0 Å². The number of carbonyl (C=O) groups is 4. The second-order valence-electron chi connectivity index (χ2n) is 4.75. The first-order valence-electron chi connectivity index (χ1n) is 6.81. The summed E-state index contributed by atoms with van der Waals surface area (Å²) in [4.78, 5) is 46.9. The van der Waals surface area contributed by atoms with Crippen LogP contribution in [0.25, 0.3) is 0 Å². The normalized spacial score (nSPS) is 14.1. The lowest BCUT2D eigenvalue weighted by Gasteiger charge is -2.26. The standard InChI is InChI=1S/C15H19NO6/c1-10-8-15(20)13(9-14(10)19)16(4-6-21-11(2)17)5-7-22-12(3)18/h8-9H,4-7H2,1-3H3. The molecule has 0 fully saturated rings. The van der Waals surface area contributed by atoms with Crippen LogP contribution in [0, 0.1) is 0 Å². The highest BCUT2D eigenvalue weighted by molar-refractivity contribution is 6.19. The third kappa shape index (κ3) is 5.51. The zero-order chi connectivity index (χ0) is 16.7. The molecule has 120 valence electrons. The van der Waals surface area contributed by atoms with Gasteiger partial charge in [-0.25, -0.2) is 0 Å². The Hall–Kier alpha value is -2.44. The number of ketones is 2. The smallest absolute Gasteiger partial charge is 0.302 e. The van der Waals surface area contributed by atoms with E-state index < -0.39 is 11.9 Å². The molecule has 7 heteroatoms. The molecule has 0 amide bonds. The molecule has 0 aromatic heterocycles. The van der Waals surface area contributed by atoms with Crippen LogP contribution in [0.1, 0.15) is 20.8 Å². The van der Waals surface area contributed by atoms with Crippen molar-refractivity contribution in [2.45, 2.75) is 20.8 Å². The van der Waals surface area contributed by atoms with Crippen molar-refractivity contribution in [3.63, 3.8) is 0 Å². The van der Waals surface area contributed by atoms with Crippen molar-refractivity contribution in [2.24, 2.45) is 0 Å². The van der Waals surface area contributed by atoms with Crippen molar-refractivity contribution in [1.82, 2.24) is 4.90 Å². The molecule has 0 heterocycles. The van der Waals surface area contributed by atoms with Crippen LogP contribution in [0.5, 0.6) is 0 Å². The molecule has 0 saturated heterocycles. The van der Waals surface area contributed by atoms with Crippen molar-refractivity contribution in [2.75, 3.05) is 26.3 Å². The molecule has 1 aliphatic carbocycles. The molecular weight excluding hydrogens is 290 g/mol. The summed E-state index contributed by atoms with van der Waals surface area (Å²) in [5.74, 6) is -1.42. The van der Waals surface area contributed by atoms with E-state index in [-0.39, 0.29) is 43.6 Å². The second-order valence-corrected chi connectivity index (χ2v) is 4.75. The first kappa shape index (κ1) is 17.6. The first-order chi connectivity index (χ1) is 10.3. The van der Waals surface area contributed by atoms with E-state index in [2.05, 4.69) is 0 Å². The number of rotatable bonds is 7. The van der Waals surface area contributed by atoms with Crippen molar-refractivity contribution in [3.8, 4) is 0 Å². The van der Waals surface area contributed by atoms with E-state index in [9.17, 15) is 19.2 Å². The maximum absolute atomic E-state index is 12.0. The molecular formula is C15H19NO6. The van der Waals surface area contributed by atoms with Gasteiger partial charge in [-0.1, -0.05) is 0 Å². The summed E-state index contributed by atoms with van der Waals surface area (Å²) in [6.07, 6.45) is 2.52. The molecule has 0 aromatic rings. The van der Waals surface area contributed by atoms with E-state index in [1.165, 1.54) is 26.0 Å². The van der Waals surface area contributed by atoms with Crippen LogP contribution in [0.3, 0.4) is 0 Å². The number of esters is 2. The largest absolute Gasteiger partial charge is 0.464 e. The van der Waals surface area contributed by atoms with Gasteiger partial charge in [-0.05, 0) is 13.0 Å². The van der Waals surface area contributed by atoms with Gasteiger partial charge in [0.2, 0.25) is 5.78 Å². The quantitative estimate of drug-likeness (QED) is 0.496. The predicted molar refractivity (Wildman–Crippen MR) is 76.7 cm³/mol. The lowest BCUT2D eigenvalue weighted by atomic mass is 10.0. The minimum atomic E-state index is -0.435. The van der Waals surface area contributed by atoms with Crippen LogP contribution in [-0.2, 0) is 28.7 Å². The topological polar surface area (TPSA) is 90.0 Å². The zero-order valence-corrected chi connectivity index (χ0v) is 12.9. The average Bonchev–Trinajstić information content (AvgIpc) is 2.40. The van der Waals surface area contributed by atoms with Gasteiger partial charge in [-0.3, -0.25) is 19.2 Å². The van der Waals surface area contributed by atoms with E-state index in [1.807, 2.05) is 0 Å². The van der Waals surface area contributed by atoms with Crippen molar-refractivity contribution in [1.29, 1.82) is 0 Å². The second kappa shape index (κ2) is 8.11. The predicted octanol–water partition coefficient (Wildman–Crippen LogP) is 0.397. The van der Waals surface area contributed by atoms with Gasteiger partial charge in [-0.15, -0.1) is 0 Å². The summed E-state index contributed by atoms with van der Waals surface area (Å²) < 4.78 is 9.69. The van der Waals surface area contributed by atoms with Crippen LogP contribution in [-0.4, -0.2) is 54.7 Å². The third-order valence-electron chi connectivity index (χ3n) is 2.93. The van der Waals surface area contributed by atoms with Crippen LogP contribution in [0.15, 0.2) is 23.4 Å². The summed E-state index contributed by atoms with van der Waals surface area (Å²) >= 11 is 0. The van der Waals surface area contributed by atoms with Gasteiger partial charge in [0.1, 0.15) is 13.2 Å². The Labute approximate surface area is 128 Å². The molecule has 0 atom stereocenters. The molecule has 1 rings (SSSR count). The summed E-state index contributed by atoms with van der Waals surface area (Å²) in [5.41, 5.74) is 0.573. The minimum Gasteiger partial charge on any atom is -0.464 e. The Bertz CT molecular complexity index is 526. The van der Waals surface area contributed by atoms with Crippen LogP contribution in [0.4, 0.5) is 0 Å². The van der Waals surface area contributed by atoms with Crippen LogP contribution in [0.2, 0.25) is 0 Å². The number of hydrogen-bond donors (Lipinski definition) is 0. The maximum Gasteiger partial charge on any atom is 0.302 e. The Morgan fingerprint density at radius 1 is 0.955 bits per heavy atom. The van der Waals surface area contributed by atoms with E-state index in [4.69, 9.17) is 9.47 Å². The summed E-state index contributed by atoms with van der Waals surface area (Å²) in [6, 6.07) is 0. The van der Waals surface area contributed by atoms with E-state index in [0.29, 0.717) is 5.57 Å². The molecule has 0 saturated carbocycles. The number of ether oxygens (including phenoxy) is 2. The molecule has 0 bridgehead atoms. The highest BCUT2D eigenvalue weighted by atomic mass is 16.5. The monoisotopic (exact) mass is 309 g/mol. The SMILES string of the molecule is CC(=O)OCCN(CCOC(C)=O)C1=CC(=O)C(C)=CC1=O. The molecule has 0 aromatic carbocycles. The third-order valence-corrected chi connectivity index (χ3v) is 2.93. The highest BCUT2D eigenvalue weighted by Crippen LogP contribution is 2.15. The van der Waals surface area contributed by atoms with Gasteiger partial charge in [0.25, 0.3) is 0 Å². The molecule has 0 spiro atoms. The Balaban J connectivity index is 2.77. The van der Waals surface area contributed by atoms with E-state index in [1.54, 1.807) is 11.8 Å². The lowest BCUT2D eigenvalue weighted by Crippen LogP contribution is -2.35. The first-order valence-corrected chi connectivity index (χ1v) is 6.81. The minimum absolute atomic E-state index is 0.0664. The molecule has 0 N–H and O–H groups in total. The Morgan fingerprint density at radius 3 is 1.91 bits per heavy atom. The number of hydrogen-bond acceptors (Lipinski definition) is 7. The fourth-order valence-corrected chi connectivity index (χ4v) is 1.85. The van der Waals surface area contributed by atoms with Crippen molar-refractivity contribution in [3.05, 3.63) is 23.4 Å². The fourth-order valence-electron chi connectivity index (χ4n) is 1.85. The summed E-state index contributed by atoms with van der Waals surface area (Å²) in [6.45, 7) is 4.70. The molecule has 22 heavy (non-hydrogen) atoms. The van der Waals surface area contributed by atoms with Gasteiger partial charge in [0.15, 0.2) is 5.78 Å². The Morgan fingerprint density at radius 2 is 1.45 bits per heavy atom.